The van der Waals surface area contributed by atoms with Crippen molar-refractivity contribution < 1.29 is 14.3 Å². The van der Waals surface area contributed by atoms with Crippen LogP contribution >= 0.6 is 0 Å². The van der Waals surface area contributed by atoms with E-state index in [0.717, 1.165) is 25.0 Å². The summed E-state index contributed by atoms with van der Waals surface area (Å²) in [5.74, 6) is 0.779. The normalized spacial score (nSPS) is 16.2. The highest BCUT2D eigenvalue weighted by atomic mass is 16.6. The maximum atomic E-state index is 12.1. The van der Waals surface area contributed by atoms with Gasteiger partial charge in [0.2, 0.25) is 0 Å². The molecule has 0 spiro atoms. The SMILES string of the molecule is C=CCCOc1cnn(C2CCN(C(=O)OC(C)(C)C)CC2)c1. The molecule has 1 aromatic rings. The standard InChI is InChI=1S/C17H27N3O3/c1-5-6-11-22-15-12-18-20(13-15)14-7-9-19(10-8-14)16(21)23-17(2,3)4/h5,12-14H,1,6-11H2,2-4H3. The van der Waals surface area contributed by atoms with Crippen molar-refractivity contribution in [1.82, 2.24) is 14.7 Å². The van der Waals surface area contributed by atoms with Gasteiger partial charge in [0.25, 0.3) is 0 Å². The first-order valence-corrected chi connectivity index (χ1v) is 8.15. The molecule has 0 saturated carbocycles. The van der Waals surface area contributed by atoms with E-state index in [0.29, 0.717) is 25.7 Å². The van der Waals surface area contributed by atoms with Crippen molar-refractivity contribution in [1.29, 1.82) is 0 Å². The molecule has 23 heavy (non-hydrogen) atoms. The predicted octanol–water partition coefficient (Wildman–Crippen LogP) is 3.41. The lowest BCUT2D eigenvalue weighted by molar-refractivity contribution is 0.0184. The van der Waals surface area contributed by atoms with Crippen LogP contribution < -0.4 is 4.74 Å². The van der Waals surface area contributed by atoms with Crippen LogP contribution in [-0.2, 0) is 4.74 Å². The second-order valence-electron chi connectivity index (χ2n) is 6.78. The third-order valence-corrected chi connectivity index (χ3v) is 3.66. The molecular weight excluding hydrogens is 294 g/mol. The van der Waals surface area contributed by atoms with Gasteiger partial charge < -0.3 is 14.4 Å². The highest BCUT2D eigenvalue weighted by Crippen LogP contribution is 2.25. The number of carbonyl (C=O) groups excluding carboxylic acids is 1. The van der Waals surface area contributed by atoms with Gasteiger partial charge in [-0.3, -0.25) is 4.68 Å². The number of likely N-dealkylation sites (tertiary alicyclic amines) is 1. The Morgan fingerprint density at radius 2 is 2.13 bits per heavy atom. The number of amides is 1. The van der Waals surface area contributed by atoms with Gasteiger partial charge in [-0.25, -0.2) is 4.79 Å². The van der Waals surface area contributed by atoms with E-state index in [1.807, 2.05) is 37.7 Å². The summed E-state index contributed by atoms with van der Waals surface area (Å²) >= 11 is 0. The molecule has 2 heterocycles. The van der Waals surface area contributed by atoms with Gasteiger partial charge in [0.15, 0.2) is 5.75 Å². The summed E-state index contributed by atoms with van der Waals surface area (Å²) in [7, 11) is 0. The zero-order chi connectivity index (χ0) is 16.9. The molecule has 0 atom stereocenters. The quantitative estimate of drug-likeness (QED) is 0.616. The molecule has 0 bridgehead atoms. The van der Waals surface area contributed by atoms with Crippen molar-refractivity contribution in [2.75, 3.05) is 19.7 Å². The average molecular weight is 321 g/mol. The fourth-order valence-electron chi connectivity index (χ4n) is 2.49. The molecule has 1 amide bonds. The van der Waals surface area contributed by atoms with E-state index in [1.54, 1.807) is 11.1 Å². The van der Waals surface area contributed by atoms with Gasteiger partial charge in [-0.1, -0.05) is 6.08 Å². The fraction of sp³-hybridized carbons (Fsp3) is 0.647. The first-order chi connectivity index (χ1) is 10.9. The highest BCUT2D eigenvalue weighted by Gasteiger charge is 2.27. The smallest absolute Gasteiger partial charge is 0.410 e. The van der Waals surface area contributed by atoms with Gasteiger partial charge in [0.1, 0.15) is 5.60 Å². The summed E-state index contributed by atoms with van der Waals surface area (Å²) in [6.45, 7) is 11.3. The molecular formula is C17H27N3O3. The fourth-order valence-corrected chi connectivity index (χ4v) is 2.49. The van der Waals surface area contributed by atoms with Crippen molar-refractivity contribution in [2.45, 2.75) is 51.7 Å². The molecule has 1 aliphatic rings. The van der Waals surface area contributed by atoms with E-state index in [-0.39, 0.29) is 6.09 Å². The number of hydrogen-bond acceptors (Lipinski definition) is 4. The zero-order valence-corrected chi connectivity index (χ0v) is 14.3. The van der Waals surface area contributed by atoms with Crippen molar-refractivity contribution >= 4 is 6.09 Å². The zero-order valence-electron chi connectivity index (χ0n) is 14.3. The van der Waals surface area contributed by atoms with Crippen molar-refractivity contribution in [2.24, 2.45) is 0 Å². The lowest BCUT2D eigenvalue weighted by Gasteiger charge is -2.33. The van der Waals surface area contributed by atoms with Crippen LogP contribution in [0.5, 0.6) is 5.75 Å². The Labute approximate surface area is 138 Å². The monoisotopic (exact) mass is 321 g/mol. The maximum absolute atomic E-state index is 12.1. The Balaban J connectivity index is 1.82. The van der Waals surface area contributed by atoms with Crippen LogP contribution in [0.4, 0.5) is 4.79 Å². The van der Waals surface area contributed by atoms with E-state index >= 15 is 0 Å². The molecule has 128 valence electrons. The van der Waals surface area contributed by atoms with Crippen LogP contribution in [0.1, 0.15) is 46.1 Å². The minimum absolute atomic E-state index is 0.232. The Kier molecular flexibility index (Phi) is 5.69. The summed E-state index contributed by atoms with van der Waals surface area (Å²) in [5, 5.41) is 4.38. The highest BCUT2D eigenvalue weighted by molar-refractivity contribution is 5.68. The van der Waals surface area contributed by atoms with E-state index in [4.69, 9.17) is 9.47 Å². The summed E-state index contributed by atoms with van der Waals surface area (Å²) in [4.78, 5) is 13.8. The van der Waals surface area contributed by atoms with Crippen LogP contribution in [0.3, 0.4) is 0 Å². The summed E-state index contributed by atoms with van der Waals surface area (Å²) in [6, 6.07) is 0.297. The van der Waals surface area contributed by atoms with Gasteiger partial charge in [0, 0.05) is 13.1 Å². The summed E-state index contributed by atoms with van der Waals surface area (Å²) in [6.07, 6.45) is 7.82. The van der Waals surface area contributed by atoms with Crippen LogP contribution in [0.25, 0.3) is 0 Å². The molecule has 1 aliphatic heterocycles. The van der Waals surface area contributed by atoms with E-state index in [2.05, 4.69) is 11.7 Å². The topological polar surface area (TPSA) is 56.6 Å². The predicted molar refractivity (Wildman–Crippen MR) is 88.6 cm³/mol. The Hall–Kier alpha value is -1.98. The number of piperidine rings is 1. The Morgan fingerprint density at radius 3 is 2.74 bits per heavy atom. The second kappa shape index (κ2) is 7.53. The summed E-state index contributed by atoms with van der Waals surface area (Å²) in [5.41, 5.74) is -0.451. The van der Waals surface area contributed by atoms with Gasteiger partial charge in [-0.2, -0.15) is 5.10 Å². The van der Waals surface area contributed by atoms with Gasteiger partial charge >= 0.3 is 6.09 Å². The Bertz CT molecular complexity index is 525. The third kappa shape index (κ3) is 5.30. The molecule has 0 aliphatic carbocycles. The molecule has 1 saturated heterocycles. The average Bonchev–Trinajstić information content (AvgIpc) is 2.95. The van der Waals surface area contributed by atoms with Gasteiger partial charge in [-0.05, 0) is 40.0 Å². The largest absolute Gasteiger partial charge is 0.490 e. The molecule has 0 aromatic carbocycles. The van der Waals surface area contributed by atoms with Crippen LogP contribution in [0.2, 0.25) is 0 Å². The molecule has 6 heteroatoms. The number of ether oxygens (including phenoxy) is 2. The van der Waals surface area contributed by atoms with E-state index in [9.17, 15) is 4.79 Å². The lowest BCUT2D eigenvalue weighted by Crippen LogP contribution is -2.42. The maximum Gasteiger partial charge on any atom is 0.410 e. The van der Waals surface area contributed by atoms with Crippen LogP contribution in [0.15, 0.2) is 25.0 Å². The minimum Gasteiger partial charge on any atom is -0.490 e. The number of nitrogens with zero attached hydrogens (tertiary/aromatic N) is 3. The molecule has 0 radical (unpaired) electrons. The van der Waals surface area contributed by atoms with E-state index < -0.39 is 5.60 Å². The first-order valence-electron chi connectivity index (χ1n) is 8.15. The van der Waals surface area contributed by atoms with Gasteiger partial charge in [0.05, 0.1) is 25.0 Å². The Morgan fingerprint density at radius 1 is 1.43 bits per heavy atom. The van der Waals surface area contributed by atoms with E-state index in [1.165, 1.54) is 0 Å². The lowest BCUT2D eigenvalue weighted by atomic mass is 10.1. The number of aromatic nitrogens is 2. The molecule has 1 aromatic heterocycles. The first kappa shape index (κ1) is 17.4. The van der Waals surface area contributed by atoms with Crippen molar-refractivity contribution in [3.63, 3.8) is 0 Å². The molecule has 1 fully saturated rings. The summed E-state index contributed by atoms with van der Waals surface area (Å²) < 4.78 is 12.9. The molecule has 0 unspecified atom stereocenters. The van der Waals surface area contributed by atoms with Crippen LogP contribution in [0, 0.1) is 0 Å². The van der Waals surface area contributed by atoms with Crippen molar-refractivity contribution in [3.8, 4) is 5.75 Å². The number of hydrogen-bond donors (Lipinski definition) is 0. The molecule has 6 nitrogen and oxygen atoms in total. The number of carbonyl (C=O) groups is 1. The van der Waals surface area contributed by atoms with Crippen molar-refractivity contribution in [3.05, 3.63) is 25.0 Å². The molecule has 0 N–H and O–H groups in total. The van der Waals surface area contributed by atoms with Crippen LogP contribution in [-0.4, -0.2) is 46.1 Å². The molecule has 2 rings (SSSR count). The third-order valence-electron chi connectivity index (χ3n) is 3.66. The minimum atomic E-state index is -0.451. The second-order valence-corrected chi connectivity index (χ2v) is 6.78. The van der Waals surface area contributed by atoms with Gasteiger partial charge in [-0.15, -0.1) is 6.58 Å². The number of rotatable bonds is 5.